The summed E-state index contributed by atoms with van der Waals surface area (Å²) in [5.41, 5.74) is 6.44. The number of amides is 1. The lowest BCUT2D eigenvalue weighted by atomic mass is 10.2. The van der Waals surface area contributed by atoms with Crippen molar-refractivity contribution in [1.82, 2.24) is 9.88 Å². The highest BCUT2D eigenvalue weighted by Crippen LogP contribution is 2.20. The third kappa shape index (κ3) is 2.57. The van der Waals surface area contributed by atoms with Gasteiger partial charge in [0.05, 0.1) is 0 Å². The van der Waals surface area contributed by atoms with Crippen LogP contribution in [0.15, 0.2) is 24.3 Å². The van der Waals surface area contributed by atoms with Crippen LogP contribution in [0.25, 0.3) is 10.9 Å². The summed E-state index contributed by atoms with van der Waals surface area (Å²) < 4.78 is 0. The highest BCUT2D eigenvalue weighted by atomic mass is 35.5. The molecule has 1 amide bonds. The molecule has 0 aliphatic rings. The standard InChI is InChI=1S/C11H11ClN4O.ClH/c1-16(11(13)14)10(17)9-5-6-4-7(12)2-3-8(6)15-9;/h2-5,15H,1H3,(H3,13,14);1H. The molecule has 18 heavy (non-hydrogen) atoms. The summed E-state index contributed by atoms with van der Waals surface area (Å²) in [6, 6.07) is 6.98. The second-order valence-corrected chi connectivity index (χ2v) is 4.10. The lowest BCUT2D eigenvalue weighted by Crippen LogP contribution is -2.38. The molecule has 1 aromatic heterocycles. The van der Waals surface area contributed by atoms with Crippen molar-refractivity contribution in [3.63, 3.8) is 0 Å². The number of carbonyl (C=O) groups is 1. The quantitative estimate of drug-likeness (QED) is 0.555. The summed E-state index contributed by atoms with van der Waals surface area (Å²) in [5, 5.41) is 8.65. The summed E-state index contributed by atoms with van der Waals surface area (Å²) in [5.74, 6) is -0.656. The first kappa shape index (κ1) is 14.3. The van der Waals surface area contributed by atoms with Crippen LogP contribution in [0.2, 0.25) is 5.02 Å². The molecule has 0 aliphatic carbocycles. The molecule has 7 heteroatoms. The van der Waals surface area contributed by atoms with Gasteiger partial charge in [-0.1, -0.05) is 11.6 Å². The normalized spacial score (nSPS) is 9.89. The number of nitrogens with two attached hydrogens (primary N) is 1. The maximum absolute atomic E-state index is 11.9. The van der Waals surface area contributed by atoms with Crippen LogP contribution in [0, 0.1) is 5.41 Å². The van der Waals surface area contributed by atoms with Crippen LogP contribution < -0.4 is 5.73 Å². The number of benzene rings is 1. The summed E-state index contributed by atoms with van der Waals surface area (Å²) in [7, 11) is 1.45. The Balaban J connectivity index is 0.00000162. The number of hydrogen-bond donors (Lipinski definition) is 3. The van der Waals surface area contributed by atoms with Gasteiger partial charge in [-0.25, -0.2) is 0 Å². The maximum atomic E-state index is 11.9. The van der Waals surface area contributed by atoms with Crippen molar-refractivity contribution in [1.29, 1.82) is 5.41 Å². The third-order valence-corrected chi connectivity index (χ3v) is 2.71. The van der Waals surface area contributed by atoms with Gasteiger partial charge in [-0.2, -0.15) is 0 Å². The van der Waals surface area contributed by atoms with Gasteiger partial charge in [0.1, 0.15) is 5.69 Å². The van der Waals surface area contributed by atoms with Gasteiger partial charge < -0.3 is 10.7 Å². The Morgan fingerprint density at radius 2 is 2.11 bits per heavy atom. The average Bonchev–Trinajstić information content (AvgIpc) is 2.69. The summed E-state index contributed by atoms with van der Waals surface area (Å²) in [6.45, 7) is 0. The number of nitrogens with one attached hydrogen (secondary N) is 2. The Hall–Kier alpha value is -1.72. The molecule has 96 valence electrons. The van der Waals surface area contributed by atoms with E-state index in [1.807, 2.05) is 0 Å². The molecule has 5 nitrogen and oxygen atoms in total. The van der Waals surface area contributed by atoms with Crippen molar-refractivity contribution in [2.45, 2.75) is 0 Å². The average molecular weight is 287 g/mol. The SMILES string of the molecule is CN(C(=N)N)C(=O)c1cc2cc(Cl)ccc2[nH]1.Cl. The molecule has 0 saturated heterocycles. The van der Waals surface area contributed by atoms with Crippen LogP contribution in [0.4, 0.5) is 0 Å². The van der Waals surface area contributed by atoms with E-state index in [0.29, 0.717) is 10.7 Å². The highest BCUT2D eigenvalue weighted by molar-refractivity contribution is 6.31. The van der Waals surface area contributed by atoms with E-state index in [1.54, 1.807) is 24.3 Å². The number of H-pyrrole nitrogens is 1. The summed E-state index contributed by atoms with van der Waals surface area (Å²) in [6.07, 6.45) is 0. The fourth-order valence-electron chi connectivity index (χ4n) is 1.51. The van der Waals surface area contributed by atoms with Crippen LogP contribution in [-0.4, -0.2) is 28.8 Å². The fraction of sp³-hybridized carbons (Fsp3) is 0.0909. The minimum absolute atomic E-state index is 0. The summed E-state index contributed by atoms with van der Waals surface area (Å²) >= 11 is 5.86. The number of guanidine groups is 1. The van der Waals surface area contributed by atoms with Gasteiger partial charge in [0.15, 0.2) is 5.96 Å². The van der Waals surface area contributed by atoms with E-state index in [0.717, 1.165) is 15.8 Å². The highest BCUT2D eigenvalue weighted by Gasteiger charge is 2.16. The number of fused-ring (bicyclic) bond motifs is 1. The monoisotopic (exact) mass is 286 g/mol. The van der Waals surface area contributed by atoms with Crippen molar-refractivity contribution >= 4 is 46.8 Å². The molecule has 0 radical (unpaired) electrons. The van der Waals surface area contributed by atoms with E-state index in [2.05, 4.69) is 4.98 Å². The number of nitrogens with zero attached hydrogens (tertiary/aromatic N) is 1. The zero-order valence-corrected chi connectivity index (χ0v) is 11.1. The Bertz CT molecular complexity index is 608. The van der Waals surface area contributed by atoms with Crippen molar-refractivity contribution < 1.29 is 4.79 Å². The molecule has 1 heterocycles. The first-order valence-corrected chi connectivity index (χ1v) is 5.27. The van der Waals surface area contributed by atoms with E-state index in [4.69, 9.17) is 22.7 Å². The lowest BCUT2D eigenvalue weighted by Gasteiger charge is -2.12. The summed E-state index contributed by atoms with van der Waals surface area (Å²) in [4.78, 5) is 15.9. The van der Waals surface area contributed by atoms with Crippen molar-refractivity contribution in [3.8, 4) is 0 Å². The Kier molecular flexibility index (Phi) is 4.21. The zero-order valence-electron chi connectivity index (χ0n) is 9.53. The molecule has 4 N–H and O–H groups in total. The van der Waals surface area contributed by atoms with E-state index in [9.17, 15) is 4.79 Å². The van der Waals surface area contributed by atoms with Crippen molar-refractivity contribution in [3.05, 3.63) is 35.0 Å². The molecule has 2 aromatic rings. The van der Waals surface area contributed by atoms with Gasteiger partial charge in [0.2, 0.25) is 0 Å². The van der Waals surface area contributed by atoms with Crippen LogP contribution >= 0.6 is 24.0 Å². The molecule has 0 saturated carbocycles. The molecule has 0 aliphatic heterocycles. The number of aromatic amines is 1. The lowest BCUT2D eigenvalue weighted by molar-refractivity contribution is 0.0864. The Morgan fingerprint density at radius 3 is 2.72 bits per heavy atom. The van der Waals surface area contributed by atoms with Crippen LogP contribution in [0.3, 0.4) is 0 Å². The first-order valence-electron chi connectivity index (χ1n) is 4.89. The molecule has 2 rings (SSSR count). The number of carbonyl (C=O) groups excluding carboxylic acids is 1. The number of aromatic nitrogens is 1. The Labute approximate surface area is 115 Å². The van der Waals surface area contributed by atoms with E-state index in [1.165, 1.54) is 7.05 Å². The van der Waals surface area contributed by atoms with Gasteiger partial charge >= 0.3 is 0 Å². The molecule has 0 fully saturated rings. The largest absolute Gasteiger partial charge is 0.370 e. The second-order valence-electron chi connectivity index (χ2n) is 3.66. The number of rotatable bonds is 1. The predicted molar refractivity (Wildman–Crippen MR) is 74.6 cm³/mol. The van der Waals surface area contributed by atoms with Gasteiger partial charge in [0, 0.05) is 23.0 Å². The smallest absolute Gasteiger partial charge is 0.276 e. The first-order chi connectivity index (χ1) is 7.99. The molecule has 0 atom stereocenters. The molecule has 0 spiro atoms. The van der Waals surface area contributed by atoms with Gasteiger partial charge in [0.25, 0.3) is 5.91 Å². The minimum Gasteiger partial charge on any atom is -0.370 e. The van der Waals surface area contributed by atoms with Crippen LogP contribution in [0.5, 0.6) is 0 Å². The van der Waals surface area contributed by atoms with E-state index in [-0.39, 0.29) is 24.3 Å². The van der Waals surface area contributed by atoms with Crippen molar-refractivity contribution in [2.75, 3.05) is 7.05 Å². The third-order valence-electron chi connectivity index (χ3n) is 2.48. The van der Waals surface area contributed by atoms with Crippen molar-refractivity contribution in [2.24, 2.45) is 5.73 Å². The molecular formula is C11H12Cl2N4O. The number of halogens is 2. The second kappa shape index (κ2) is 5.29. The Morgan fingerprint density at radius 1 is 1.44 bits per heavy atom. The molecular weight excluding hydrogens is 275 g/mol. The molecule has 0 bridgehead atoms. The van der Waals surface area contributed by atoms with Gasteiger partial charge in [-0.15, -0.1) is 12.4 Å². The molecule has 1 aromatic carbocycles. The zero-order chi connectivity index (χ0) is 12.6. The van der Waals surface area contributed by atoms with Crippen LogP contribution in [-0.2, 0) is 0 Å². The van der Waals surface area contributed by atoms with Crippen LogP contribution in [0.1, 0.15) is 10.5 Å². The van der Waals surface area contributed by atoms with Gasteiger partial charge in [-0.3, -0.25) is 15.1 Å². The van der Waals surface area contributed by atoms with E-state index >= 15 is 0 Å². The van der Waals surface area contributed by atoms with Gasteiger partial charge in [-0.05, 0) is 24.3 Å². The van der Waals surface area contributed by atoms with E-state index < -0.39 is 0 Å². The maximum Gasteiger partial charge on any atom is 0.276 e. The minimum atomic E-state index is -0.357. The number of hydrogen-bond acceptors (Lipinski definition) is 2. The topological polar surface area (TPSA) is 86.0 Å². The molecule has 0 unspecified atom stereocenters. The fourth-order valence-corrected chi connectivity index (χ4v) is 1.69. The predicted octanol–water partition coefficient (Wildman–Crippen LogP) is 2.21.